The van der Waals surface area contributed by atoms with Crippen LogP contribution in [0.5, 0.6) is 5.75 Å². The van der Waals surface area contributed by atoms with Gasteiger partial charge in [0.2, 0.25) is 0 Å². The van der Waals surface area contributed by atoms with Crippen molar-refractivity contribution in [1.29, 1.82) is 0 Å². The Hall–Kier alpha value is -3.60. The van der Waals surface area contributed by atoms with Crippen molar-refractivity contribution >= 4 is 17.4 Å². The number of ether oxygens (including phenoxy) is 1. The lowest BCUT2D eigenvalue weighted by Crippen LogP contribution is -2.50. The van der Waals surface area contributed by atoms with Gasteiger partial charge in [-0.05, 0) is 42.8 Å². The molecule has 0 spiro atoms. The van der Waals surface area contributed by atoms with Crippen molar-refractivity contribution in [2.24, 2.45) is 0 Å². The van der Waals surface area contributed by atoms with Crippen LogP contribution in [-0.4, -0.2) is 44.7 Å². The molecule has 1 amide bonds. The van der Waals surface area contributed by atoms with E-state index in [-0.39, 0.29) is 12.5 Å². The van der Waals surface area contributed by atoms with Crippen molar-refractivity contribution in [1.82, 2.24) is 14.8 Å². The molecule has 2 N–H and O–H groups in total. The number of alkyl halides is 3. The molecule has 168 valence electrons. The summed E-state index contributed by atoms with van der Waals surface area (Å²) in [5, 5.41) is 16.7. The number of anilines is 2. The van der Waals surface area contributed by atoms with E-state index in [1.165, 1.54) is 4.90 Å². The predicted octanol–water partition coefficient (Wildman–Crippen LogP) is 3.22. The first-order valence-electron chi connectivity index (χ1n) is 9.86. The predicted molar refractivity (Wildman–Crippen MR) is 109 cm³/mol. The van der Waals surface area contributed by atoms with E-state index in [0.717, 1.165) is 17.1 Å². The zero-order valence-corrected chi connectivity index (χ0v) is 17.0. The van der Waals surface area contributed by atoms with E-state index in [4.69, 9.17) is 4.74 Å². The number of β-amino-alcohol motifs (C(OH)–C–C–N with tert-alkyl or cyclic N) is 1. The highest BCUT2D eigenvalue weighted by atomic mass is 19.4. The summed E-state index contributed by atoms with van der Waals surface area (Å²) >= 11 is 0. The minimum absolute atomic E-state index is 0.0164. The van der Waals surface area contributed by atoms with Crippen LogP contribution in [0.15, 0.2) is 55.0 Å². The highest BCUT2D eigenvalue weighted by molar-refractivity contribution is 5.99. The number of nitrogens with zero attached hydrogens (tertiary/aromatic N) is 4. The smallest absolute Gasteiger partial charge is 0.419 e. The summed E-state index contributed by atoms with van der Waals surface area (Å²) in [7, 11) is 0. The van der Waals surface area contributed by atoms with Gasteiger partial charge in [0, 0.05) is 12.4 Å². The molecule has 2 unspecified atom stereocenters. The number of aliphatic hydroxyl groups is 1. The molecule has 0 aliphatic carbocycles. The lowest BCUT2D eigenvalue weighted by atomic mass is 10.2. The third-order valence-corrected chi connectivity index (χ3v) is 4.92. The van der Waals surface area contributed by atoms with Gasteiger partial charge in [-0.15, -0.1) is 0 Å². The van der Waals surface area contributed by atoms with Gasteiger partial charge in [-0.1, -0.05) is 6.92 Å². The molecule has 11 heteroatoms. The quantitative estimate of drug-likeness (QED) is 0.624. The summed E-state index contributed by atoms with van der Waals surface area (Å²) in [6.45, 7) is 1.81. The highest BCUT2D eigenvalue weighted by Gasteiger charge is 2.33. The Balaban J connectivity index is 1.49. The zero-order valence-electron chi connectivity index (χ0n) is 17.0. The SMILES string of the molecule is CCC(Oc1ccc(-n2cc(C(F)(F)F)cn2)cc1)C(=O)N1CC(O)Nc2cccnc21. The monoisotopic (exact) mass is 447 g/mol. The molecule has 4 rings (SSSR count). The molecule has 2 atom stereocenters. The molecule has 3 aromatic rings. The summed E-state index contributed by atoms with van der Waals surface area (Å²) in [5.74, 6) is 0.410. The number of hydrogen-bond acceptors (Lipinski definition) is 6. The van der Waals surface area contributed by atoms with Crippen molar-refractivity contribution < 1.29 is 27.8 Å². The van der Waals surface area contributed by atoms with Crippen LogP contribution in [-0.2, 0) is 11.0 Å². The molecule has 32 heavy (non-hydrogen) atoms. The fourth-order valence-corrected chi connectivity index (χ4v) is 3.34. The first-order valence-corrected chi connectivity index (χ1v) is 9.86. The van der Waals surface area contributed by atoms with Crippen molar-refractivity contribution in [3.63, 3.8) is 0 Å². The van der Waals surface area contributed by atoms with Crippen molar-refractivity contribution in [3.05, 3.63) is 60.6 Å². The summed E-state index contributed by atoms with van der Waals surface area (Å²) in [6, 6.07) is 9.61. The number of amides is 1. The maximum atomic E-state index is 13.1. The van der Waals surface area contributed by atoms with Gasteiger partial charge in [0.1, 0.15) is 12.0 Å². The zero-order chi connectivity index (χ0) is 22.9. The van der Waals surface area contributed by atoms with Gasteiger partial charge in [-0.2, -0.15) is 18.3 Å². The van der Waals surface area contributed by atoms with Gasteiger partial charge >= 0.3 is 6.18 Å². The second-order valence-corrected chi connectivity index (χ2v) is 7.16. The van der Waals surface area contributed by atoms with Gasteiger partial charge in [0.05, 0.1) is 29.7 Å². The number of fused-ring (bicyclic) bond motifs is 1. The Bertz CT molecular complexity index is 1100. The molecule has 1 aromatic carbocycles. The minimum atomic E-state index is -4.47. The van der Waals surface area contributed by atoms with E-state index in [1.54, 1.807) is 49.5 Å². The van der Waals surface area contributed by atoms with Crippen molar-refractivity contribution in [2.75, 3.05) is 16.8 Å². The average molecular weight is 447 g/mol. The highest BCUT2D eigenvalue weighted by Crippen LogP contribution is 2.30. The van der Waals surface area contributed by atoms with Crippen LogP contribution in [0, 0.1) is 0 Å². The third kappa shape index (κ3) is 4.37. The Morgan fingerprint density at radius 3 is 2.72 bits per heavy atom. The first-order chi connectivity index (χ1) is 15.3. The van der Waals surface area contributed by atoms with Gasteiger partial charge in [-0.3, -0.25) is 9.69 Å². The van der Waals surface area contributed by atoms with E-state index in [9.17, 15) is 23.1 Å². The van der Waals surface area contributed by atoms with E-state index in [1.807, 2.05) is 0 Å². The molecule has 0 radical (unpaired) electrons. The molecule has 2 aromatic heterocycles. The summed E-state index contributed by atoms with van der Waals surface area (Å²) in [4.78, 5) is 18.7. The Labute approximate surface area is 181 Å². The normalized spacial score (nSPS) is 16.8. The number of carbonyl (C=O) groups excluding carboxylic acids is 1. The standard InChI is InChI=1S/C21H20F3N5O3/c1-2-17(20(31)28-12-18(30)27-16-4-3-9-25-19(16)28)32-15-7-5-14(6-8-15)29-11-13(10-26-29)21(22,23)24/h3-11,17-18,27,30H,2,12H2,1H3. The molecule has 1 aliphatic rings. The van der Waals surface area contributed by atoms with Crippen LogP contribution < -0.4 is 15.0 Å². The van der Waals surface area contributed by atoms with E-state index in [0.29, 0.717) is 29.4 Å². The first kappa shape index (κ1) is 21.6. The molecule has 0 fully saturated rings. The van der Waals surface area contributed by atoms with Gasteiger partial charge < -0.3 is 15.2 Å². The Morgan fingerprint density at radius 2 is 2.06 bits per heavy atom. The van der Waals surface area contributed by atoms with Crippen LogP contribution in [0.2, 0.25) is 0 Å². The van der Waals surface area contributed by atoms with Crippen LogP contribution >= 0.6 is 0 Å². The summed E-state index contributed by atoms with van der Waals surface area (Å²) < 4.78 is 45.3. The maximum absolute atomic E-state index is 13.1. The fourth-order valence-electron chi connectivity index (χ4n) is 3.34. The van der Waals surface area contributed by atoms with Gasteiger partial charge in [0.25, 0.3) is 5.91 Å². The number of pyridine rings is 1. The second-order valence-electron chi connectivity index (χ2n) is 7.16. The number of aliphatic hydroxyl groups excluding tert-OH is 1. The van der Waals surface area contributed by atoms with Crippen LogP contribution in [0.25, 0.3) is 5.69 Å². The lowest BCUT2D eigenvalue weighted by Gasteiger charge is -2.34. The molecule has 0 bridgehead atoms. The number of halogens is 3. The number of aromatic nitrogens is 3. The molecule has 8 nitrogen and oxygen atoms in total. The van der Waals surface area contributed by atoms with Gasteiger partial charge in [0.15, 0.2) is 11.9 Å². The molecule has 0 saturated heterocycles. The molecular weight excluding hydrogens is 427 g/mol. The lowest BCUT2D eigenvalue weighted by molar-refractivity contribution is -0.137. The molecular formula is C21H20F3N5O3. The van der Waals surface area contributed by atoms with E-state index in [2.05, 4.69) is 15.4 Å². The van der Waals surface area contributed by atoms with Crippen LogP contribution in [0.1, 0.15) is 18.9 Å². The van der Waals surface area contributed by atoms with Crippen LogP contribution in [0.3, 0.4) is 0 Å². The summed E-state index contributed by atoms with van der Waals surface area (Å²) in [6.07, 6.45) is -2.69. The van der Waals surface area contributed by atoms with Crippen LogP contribution in [0.4, 0.5) is 24.7 Å². The second kappa shape index (κ2) is 8.50. The number of carbonyl (C=O) groups is 1. The van der Waals surface area contributed by atoms with E-state index < -0.39 is 24.1 Å². The topological polar surface area (TPSA) is 92.5 Å². The number of hydrogen-bond donors (Lipinski definition) is 2. The molecule has 1 aliphatic heterocycles. The summed E-state index contributed by atoms with van der Waals surface area (Å²) in [5.41, 5.74) is 0.105. The number of rotatable bonds is 5. The van der Waals surface area contributed by atoms with E-state index >= 15 is 0 Å². The minimum Gasteiger partial charge on any atom is -0.481 e. The number of benzene rings is 1. The number of nitrogens with one attached hydrogen (secondary N) is 1. The fraction of sp³-hybridized carbons (Fsp3) is 0.286. The average Bonchev–Trinajstić information content (AvgIpc) is 3.28. The molecule has 0 saturated carbocycles. The van der Waals surface area contributed by atoms with Crippen molar-refractivity contribution in [3.8, 4) is 11.4 Å². The van der Waals surface area contributed by atoms with Gasteiger partial charge in [-0.25, -0.2) is 9.67 Å². The third-order valence-electron chi connectivity index (χ3n) is 4.92. The van der Waals surface area contributed by atoms with Crippen molar-refractivity contribution in [2.45, 2.75) is 31.9 Å². The molecule has 3 heterocycles. The Kier molecular flexibility index (Phi) is 5.74. The maximum Gasteiger partial charge on any atom is 0.419 e. The Morgan fingerprint density at radius 1 is 1.31 bits per heavy atom. The largest absolute Gasteiger partial charge is 0.481 e.